The van der Waals surface area contributed by atoms with E-state index >= 15 is 0 Å². The van der Waals surface area contributed by atoms with Crippen molar-refractivity contribution in [2.75, 3.05) is 10.7 Å². The molecular weight excluding hydrogens is 290 g/mol. The predicted octanol–water partition coefficient (Wildman–Crippen LogP) is 2.97. The third-order valence-electron chi connectivity index (χ3n) is 2.53. The number of aryl methyl sites for hydroxylation is 1. The van der Waals surface area contributed by atoms with Gasteiger partial charge in [0.05, 0.1) is 5.69 Å². The maximum Gasteiger partial charge on any atom is 0.433 e. The minimum atomic E-state index is -4.67. The summed E-state index contributed by atoms with van der Waals surface area (Å²) >= 11 is 0. The number of nitrogen functional groups attached to an aromatic ring is 1. The largest absolute Gasteiger partial charge is 0.433 e. The van der Waals surface area contributed by atoms with E-state index in [9.17, 15) is 17.6 Å². The van der Waals surface area contributed by atoms with Gasteiger partial charge in [0.2, 0.25) is 5.95 Å². The average Bonchev–Trinajstić information content (AvgIpc) is 2.40. The third-order valence-corrected chi connectivity index (χ3v) is 2.53. The third kappa shape index (κ3) is 3.57. The Hall–Kier alpha value is -2.42. The summed E-state index contributed by atoms with van der Waals surface area (Å²) in [5.41, 5.74) is 1.42. The molecule has 1 aromatic heterocycles. The van der Waals surface area contributed by atoms with Gasteiger partial charge in [-0.1, -0.05) is 6.07 Å². The fourth-order valence-corrected chi connectivity index (χ4v) is 1.58. The fourth-order valence-electron chi connectivity index (χ4n) is 1.58. The monoisotopic (exact) mass is 301 g/mol. The van der Waals surface area contributed by atoms with Crippen molar-refractivity contribution < 1.29 is 17.6 Å². The first-order chi connectivity index (χ1) is 9.79. The second kappa shape index (κ2) is 5.52. The number of benzene rings is 1. The number of nitrogens with zero attached hydrogens (tertiary/aromatic N) is 2. The number of anilines is 3. The number of hydrogen-bond donors (Lipinski definition) is 3. The first kappa shape index (κ1) is 15.0. The van der Waals surface area contributed by atoms with Crippen molar-refractivity contribution in [2.24, 2.45) is 5.84 Å². The van der Waals surface area contributed by atoms with Gasteiger partial charge in [-0.05, 0) is 24.6 Å². The molecule has 21 heavy (non-hydrogen) atoms. The second-order valence-corrected chi connectivity index (χ2v) is 4.21. The summed E-state index contributed by atoms with van der Waals surface area (Å²) in [6.07, 6.45) is -4.67. The zero-order valence-electron chi connectivity index (χ0n) is 10.8. The van der Waals surface area contributed by atoms with E-state index in [4.69, 9.17) is 5.84 Å². The van der Waals surface area contributed by atoms with Gasteiger partial charge in [-0.2, -0.15) is 18.2 Å². The molecule has 0 radical (unpaired) electrons. The number of alkyl halides is 3. The number of nitrogens with two attached hydrogens (primary N) is 1. The SMILES string of the molecule is Cc1ccc(Nc2cc(C(F)(F)F)nc(NN)n2)c(F)c1. The Morgan fingerprint density at radius 2 is 1.86 bits per heavy atom. The first-order valence-corrected chi connectivity index (χ1v) is 5.75. The average molecular weight is 301 g/mol. The zero-order chi connectivity index (χ0) is 15.6. The molecule has 0 atom stereocenters. The molecule has 0 aliphatic carbocycles. The molecule has 0 unspecified atom stereocenters. The van der Waals surface area contributed by atoms with Gasteiger partial charge in [0.1, 0.15) is 11.6 Å². The molecule has 5 nitrogen and oxygen atoms in total. The first-order valence-electron chi connectivity index (χ1n) is 5.75. The van der Waals surface area contributed by atoms with Crippen LogP contribution in [-0.4, -0.2) is 9.97 Å². The highest BCUT2D eigenvalue weighted by Gasteiger charge is 2.33. The number of rotatable bonds is 3. The van der Waals surface area contributed by atoms with E-state index in [1.165, 1.54) is 12.1 Å². The highest BCUT2D eigenvalue weighted by molar-refractivity contribution is 5.58. The van der Waals surface area contributed by atoms with Crippen molar-refractivity contribution in [1.29, 1.82) is 0 Å². The van der Waals surface area contributed by atoms with Crippen molar-refractivity contribution in [2.45, 2.75) is 13.1 Å². The van der Waals surface area contributed by atoms with Gasteiger partial charge in [0.15, 0.2) is 5.69 Å². The Morgan fingerprint density at radius 3 is 2.43 bits per heavy atom. The topological polar surface area (TPSA) is 75.9 Å². The molecule has 0 amide bonds. The van der Waals surface area contributed by atoms with Crippen LogP contribution in [0.4, 0.5) is 35.0 Å². The summed E-state index contributed by atoms with van der Waals surface area (Å²) in [5.74, 6) is 3.76. The van der Waals surface area contributed by atoms with Gasteiger partial charge in [0.25, 0.3) is 0 Å². The molecule has 1 heterocycles. The van der Waals surface area contributed by atoms with Crippen LogP contribution in [0.1, 0.15) is 11.3 Å². The summed E-state index contributed by atoms with van der Waals surface area (Å²) in [6.45, 7) is 1.69. The van der Waals surface area contributed by atoms with Crippen molar-refractivity contribution in [3.05, 3.63) is 41.3 Å². The van der Waals surface area contributed by atoms with E-state index in [1.807, 2.05) is 5.43 Å². The van der Waals surface area contributed by atoms with Crippen LogP contribution >= 0.6 is 0 Å². The van der Waals surface area contributed by atoms with E-state index in [0.717, 1.165) is 0 Å². The van der Waals surface area contributed by atoms with E-state index < -0.39 is 23.6 Å². The Morgan fingerprint density at radius 1 is 1.14 bits per heavy atom. The van der Waals surface area contributed by atoms with Crippen LogP contribution < -0.4 is 16.6 Å². The summed E-state index contributed by atoms with van der Waals surface area (Å²) in [7, 11) is 0. The molecule has 0 spiro atoms. The molecule has 0 aliphatic heterocycles. The van der Waals surface area contributed by atoms with E-state index in [0.29, 0.717) is 11.6 Å². The summed E-state index contributed by atoms with van der Waals surface area (Å²) in [5, 5.41) is 2.46. The quantitative estimate of drug-likeness (QED) is 0.461. The van der Waals surface area contributed by atoms with Crippen LogP contribution in [0.25, 0.3) is 0 Å². The Bertz CT molecular complexity index is 657. The molecule has 112 valence electrons. The maximum absolute atomic E-state index is 13.7. The van der Waals surface area contributed by atoms with Crippen molar-refractivity contribution in [1.82, 2.24) is 9.97 Å². The lowest BCUT2D eigenvalue weighted by molar-refractivity contribution is -0.141. The molecule has 0 saturated carbocycles. The highest BCUT2D eigenvalue weighted by Crippen LogP contribution is 2.30. The number of hydrogen-bond acceptors (Lipinski definition) is 5. The van der Waals surface area contributed by atoms with Crippen LogP contribution in [0.15, 0.2) is 24.3 Å². The maximum atomic E-state index is 13.7. The lowest BCUT2D eigenvalue weighted by Gasteiger charge is -2.12. The molecule has 0 fully saturated rings. The van der Waals surface area contributed by atoms with Gasteiger partial charge in [0, 0.05) is 6.07 Å². The predicted molar refractivity (Wildman–Crippen MR) is 69.3 cm³/mol. The smallest absolute Gasteiger partial charge is 0.338 e. The number of aromatic nitrogens is 2. The standard InChI is InChI=1S/C12H11F4N5/c1-6-2-3-8(7(13)4-6)18-10-5-9(12(14,15)16)19-11(20-10)21-17/h2-5H,17H2,1H3,(H2,18,19,20,21). The van der Waals surface area contributed by atoms with Crippen molar-refractivity contribution >= 4 is 17.5 Å². The van der Waals surface area contributed by atoms with Crippen LogP contribution in [0.3, 0.4) is 0 Å². The van der Waals surface area contributed by atoms with E-state index in [2.05, 4.69) is 15.3 Å². The van der Waals surface area contributed by atoms with Crippen LogP contribution in [0.2, 0.25) is 0 Å². The minimum absolute atomic E-state index is 0.00426. The molecule has 0 aliphatic rings. The minimum Gasteiger partial charge on any atom is -0.338 e. The molecule has 1 aromatic carbocycles. The van der Waals surface area contributed by atoms with Gasteiger partial charge in [-0.3, -0.25) is 5.43 Å². The van der Waals surface area contributed by atoms with Crippen LogP contribution in [-0.2, 0) is 6.18 Å². The second-order valence-electron chi connectivity index (χ2n) is 4.21. The highest BCUT2D eigenvalue weighted by atomic mass is 19.4. The van der Waals surface area contributed by atoms with Gasteiger partial charge < -0.3 is 5.32 Å². The Kier molecular flexibility index (Phi) is 3.94. The van der Waals surface area contributed by atoms with Crippen molar-refractivity contribution in [3.63, 3.8) is 0 Å². The summed E-state index contributed by atoms with van der Waals surface area (Å²) < 4.78 is 51.8. The summed E-state index contributed by atoms with van der Waals surface area (Å²) in [6, 6.07) is 4.92. The number of hydrazine groups is 1. The fraction of sp³-hybridized carbons (Fsp3) is 0.167. The molecule has 2 rings (SSSR count). The van der Waals surface area contributed by atoms with Gasteiger partial charge in [-0.15, -0.1) is 0 Å². The lowest BCUT2D eigenvalue weighted by atomic mass is 10.2. The molecular formula is C12H11F4N5. The van der Waals surface area contributed by atoms with Gasteiger partial charge >= 0.3 is 6.18 Å². The molecule has 0 bridgehead atoms. The van der Waals surface area contributed by atoms with E-state index in [1.54, 1.807) is 13.0 Å². The Labute approximate surface area is 117 Å². The number of nitrogens with one attached hydrogen (secondary N) is 2. The molecule has 0 saturated heterocycles. The molecule has 9 heteroatoms. The normalized spacial score (nSPS) is 11.3. The van der Waals surface area contributed by atoms with Crippen LogP contribution in [0.5, 0.6) is 0 Å². The molecule has 4 N–H and O–H groups in total. The van der Waals surface area contributed by atoms with Crippen LogP contribution in [0, 0.1) is 12.7 Å². The molecule has 2 aromatic rings. The summed E-state index contributed by atoms with van der Waals surface area (Å²) in [4.78, 5) is 6.89. The number of halogens is 4. The van der Waals surface area contributed by atoms with Gasteiger partial charge in [-0.25, -0.2) is 15.2 Å². The van der Waals surface area contributed by atoms with E-state index in [-0.39, 0.29) is 11.5 Å². The van der Waals surface area contributed by atoms with Crippen molar-refractivity contribution in [3.8, 4) is 0 Å². The lowest BCUT2D eigenvalue weighted by Crippen LogP contribution is -2.16. The Balaban J connectivity index is 2.39. The zero-order valence-corrected chi connectivity index (χ0v) is 10.8.